The van der Waals surface area contributed by atoms with Gasteiger partial charge in [-0.25, -0.2) is 0 Å². The number of nitrogens with two attached hydrogens (primary N) is 3. The monoisotopic (exact) mass is 158 g/mol. The van der Waals surface area contributed by atoms with Crippen LogP contribution >= 0.6 is 0 Å². The Balaban J connectivity index is 3.21. The summed E-state index contributed by atoms with van der Waals surface area (Å²) in [4.78, 5) is 3.85. The Morgan fingerprint density at radius 3 is 2.55 bits per heavy atom. The van der Waals surface area contributed by atoms with Crippen molar-refractivity contribution in [3.63, 3.8) is 0 Å². The van der Waals surface area contributed by atoms with E-state index >= 15 is 0 Å². The van der Waals surface area contributed by atoms with Gasteiger partial charge in [0.25, 0.3) is 0 Å². The molecular formula is C7H18N4. The third-order valence-corrected chi connectivity index (χ3v) is 1.55. The van der Waals surface area contributed by atoms with Crippen LogP contribution < -0.4 is 17.2 Å². The fraction of sp³-hybridized carbons (Fsp3) is 0.857. The van der Waals surface area contributed by atoms with Crippen molar-refractivity contribution in [1.29, 1.82) is 0 Å². The molecule has 0 saturated heterocycles. The van der Waals surface area contributed by atoms with Crippen molar-refractivity contribution in [2.45, 2.75) is 32.2 Å². The van der Waals surface area contributed by atoms with E-state index in [1.807, 2.05) is 0 Å². The predicted octanol–water partition coefficient (Wildman–Crippen LogP) is -0.223. The number of aliphatic imine (C=N–C) groups is 1. The number of hydrogen-bond donors (Lipinski definition) is 3. The lowest BCUT2D eigenvalue weighted by Gasteiger charge is -2.05. The van der Waals surface area contributed by atoms with Crippen LogP contribution in [0.4, 0.5) is 0 Å². The Bertz CT molecular complexity index is 118. The van der Waals surface area contributed by atoms with E-state index in [1.54, 1.807) is 0 Å². The van der Waals surface area contributed by atoms with E-state index in [2.05, 4.69) is 11.9 Å². The van der Waals surface area contributed by atoms with Gasteiger partial charge in [0.15, 0.2) is 5.96 Å². The van der Waals surface area contributed by atoms with Crippen molar-refractivity contribution in [1.82, 2.24) is 0 Å². The minimum absolute atomic E-state index is 0.162. The second-order valence-electron chi connectivity index (χ2n) is 2.62. The highest BCUT2D eigenvalue weighted by Crippen LogP contribution is 1.97. The summed E-state index contributed by atoms with van der Waals surface area (Å²) in [5.74, 6) is 0.162. The fourth-order valence-electron chi connectivity index (χ4n) is 0.766. The summed E-state index contributed by atoms with van der Waals surface area (Å²) in [6, 6.07) is 0.296. The van der Waals surface area contributed by atoms with Crippen LogP contribution in [0.25, 0.3) is 0 Å². The van der Waals surface area contributed by atoms with Crippen molar-refractivity contribution in [2.75, 3.05) is 6.54 Å². The standard InChI is InChI=1S/C7H18N4/c1-2-6(8)4-3-5-11-7(9)10/h6H,2-5,8H2,1H3,(H4,9,10,11)/t6-/m0/s1. The molecule has 0 aromatic rings. The Kier molecular flexibility index (Phi) is 5.56. The first-order valence-electron chi connectivity index (χ1n) is 3.97. The Hall–Kier alpha value is -0.770. The number of nitrogens with zero attached hydrogens (tertiary/aromatic N) is 1. The summed E-state index contributed by atoms with van der Waals surface area (Å²) in [6.45, 7) is 2.77. The maximum atomic E-state index is 5.68. The molecule has 0 unspecified atom stereocenters. The molecule has 11 heavy (non-hydrogen) atoms. The van der Waals surface area contributed by atoms with Gasteiger partial charge in [0.05, 0.1) is 0 Å². The largest absolute Gasteiger partial charge is 0.370 e. The van der Waals surface area contributed by atoms with Crippen LogP contribution in [0.3, 0.4) is 0 Å². The van der Waals surface area contributed by atoms with Gasteiger partial charge in [0.2, 0.25) is 0 Å². The summed E-state index contributed by atoms with van der Waals surface area (Å²) >= 11 is 0. The minimum Gasteiger partial charge on any atom is -0.370 e. The molecule has 4 heteroatoms. The highest BCUT2D eigenvalue weighted by molar-refractivity contribution is 5.75. The zero-order chi connectivity index (χ0) is 8.69. The number of hydrogen-bond acceptors (Lipinski definition) is 2. The normalized spacial score (nSPS) is 12.5. The molecule has 0 fully saturated rings. The van der Waals surface area contributed by atoms with Crippen LogP contribution in [0.5, 0.6) is 0 Å². The van der Waals surface area contributed by atoms with Gasteiger partial charge in [-0.1, -0.05) is 6.92 Å². The summed E-state index contributed by atoms with van der Waals surface area (Å²) in [5, 5.41) is 0. The quantitative estimate of drug-likeness (QED) is 0.293. The lowest BCUT2D eigenvalue weighted by atomic mass is 10.1. The van der Waals surface area contributed by atoms with Crippen LogP contribution in [0.15, 0.2) is 4.99 Å². The second kappa shape index (κ2) is 5.97. The maximum Gasteiger partial charge on any atom is 0.185 e. The van der Waals surface area contributed by atoms with Gasteiger partial charge in [-0.15, -0.1) is 0 Å². The second-order valence-corrected chi connectivity index (χ2v) is 2.62. The summed E-state index contributed by atoms with van der Waals surface area (Å²) in [7, 11) is 0. The first kappa shape index (κ1) is 10.2. The van der Waals surface area contributed by atoms with E-state index in [0.717, 1.165) is 19.3 Å². The van der Waals surface area contributed by atoms with Crippen LogP contribution in [0, 0.1) is 0 Å². The first-order chi connectivity index (χ1) is 5.16. The minimum atomic E-state index is 0.162. The third kappa shape index (κ3) is 7.12. The molecule has 0 radical (unpaired) electrons. The molecule has 0 aromatic carbocycles. The molecule has 0 aliphatic rings. The lowest BCUT2D eigenvalue weighted by molar-refractivity contribution is 0.573. The number of rotatable bonds is 5. The van der Waals surface area contributed by atoms with Gasteiger partial charge in [-0.3, -0.25) is 4.99 Å². The molecule has 6 N–H and O–H groups in total. The van der Waals surface area contributed by atoms with Crippen molar-refractivity contribution in [2.24, 2.45) is 22.2 Å². The molecule has 0 aliphatic heterocycles. The van der Waals surface area contributed by atoms with E-state index < -0.39 is 0 Å². The van der Waals surface area contributed by atoms with Crippen LogP contribution in [0.2, 0.25) is 0 Å². The SMILES string of the molecule is CC[C@H](N)CCCN=C(N)N. The van der Waals surface area contributed by atoms with Crippen molar-refractivity contribution < 1.29 is 0 Å². The molecule has 0 rings (SSSR count). The summed E-state index contributed by atoms with van der Waals surface area (Å²) < 4.78 is 0. The molecule has 4 nitrogen and oxygen atoms in total. The highest BCUT2D eigenvalue weighted by Gasteiger charge is 1.96. The van der Waals surface area contributed by atoms with E-state index in [-0.39, 0.29) is 5.96 Å². The predicted molar refractivity (Wildman–Crippen MR) is 48.2 cm³/mol. The average Bonchev–Trinajstić information content (AvgIpc) is 1.97. The molecule has 0 aromatic heterocycles. The third-order valence-electron chi connectivity index (χ3n) is 1.55. The topological polar surface area (TPSA) is 90.4 Å². The highest BCUT2D eigenvalue weighted by atomic mass is 15.0. The van der Waals surface area contributed by atoms with Crippen molar-refractivity contribution in [3.8, 4) is 0 Å². The van der Waals surface area contributed by atoms with Crippen molar-refractivity contribution in [3.05, 3.63) is 0 Å². The molecule has 0 spiro atoms. The lowest BCUT2D eigenvalue weighted by Crippen LogP contribution is -2.23. The Morgan fingerprint density at radius 1 is 1.45 bits per heavy atom. The fourth-order valence-corrected chi connectivity index (χ4v) is 0.766. The number of guanidine groups is 1. The van der Waals surface area contributed by atoms with E-state index in [1.165, 1.54) is 0 Å². The van der Waals surface area contributed by atoms with E-state index in [4.69, 9.17) is 17.2 Å². The molecule has 0 bridgehead atoms. The summed E-state index contributed by atoms with van der Waals surface area (Å²) in [6.07, 6.45) is 2.97. The maximum absolute atomic E-state index is 5.68. The van der Waals surface area contributed by atoms with Gasteiger partial charge in [0.1, 0.15) is 0 Å². The molecule has 1 atom stereocenters. The van der Waals surface area contributed by atoms with Crippen molar-refractivity contribution >= 4 is 5.96 Å². The first-order valence-corrected chi connectivity index (χ1v) is 3.97. The van der Waals surface area contributed by atoms with Gasteiger partial charge in [-0.05, 0) is 19.3 Å². The molecule has 0 saturated carbocycles. The van der Waals surface area contributed by atoms with Crippen LogP contribution in [0.1, 0.15) is 26.2 Å². The van der Waals surface area contributed by atoms with Crippen LogP contribution in [-0.4, -0.2) is 18.5 Å². The van der Waals surface area contributed by atoms with Crippen LogP contribution in [-0.2, 0) is 0 Å². The van der Waals surface area contributed by atoms with Gasteiger partial charge < -0.3 is 17.2 Å². The Labute approximate surface area is 67.8 Å². The molecule has 0 heterocycles. The molecule has 66 valence electrons. The van der Waals surface area contributed by atoms with E-state index in [0.29, 0.717) is 12.6 Å². The molecular weight excluding hydrogens is 140 g/mol. The van der Waals surface area contributed by atoms with Gasteiger partial charge in [-0.2, -0.15) is 0 Å². The Morgan fingerprint density at radius 2 is 2.09 bits per heavy atom. The van der Waals surface area contributed by atoms with Gasteiger partial charge in [0, 0.05) is 12.6 Å². The molecule has 0 amide bonds. The average molecular weight is 158 g/mol. The zero-order valence-corrected chi connectivity index (χ0v) is 7.09. The van der Waals surface area contributed by atoms with E-state index in [9.17, 15) is 0 Å². The summed E-state index contributed by atoms with van der Waals surface area (Å²) in [5.41, 5.74) is 16.0. The van der Waals surface area contributed by atoms with Gasteiger partial charge >= 0.3 is 0 Å². The zero-order valence-electron chi connectivity index (χ0n) is 7.09. The smallest absolute Gasteiger partial charge is 0.185 e. The molecule has 0 aliphatic carbocycles.